The maximum Gasteiger partial charge on any atom is 0.280 e. The fourth-order valence-corrected chi connectivity index (χ4v) is 2.84. The molecule has 3 rings (SSSR count). The first-order valence-corrected chi connectivity index (χ1v) is 7.74. The molecule has 25 heavy (non-hydrogen) atoms. The number of nitrogens with zero attached hydrogens (tertiary/aromatic N) is 2. The summed E-state index contributed by atoms with van der Waals surface area (Å²) >= 11 is 5.98. The summed E-state index contributed by atoms with van der Waals surface area (Å²) in [7, 11) is 0. The molecule has 6 heteroatoms. The molecule has 0 bridgehead atoms. The molecule has 3 aromatic rings. The third kappa shape index (κ3) is 3.30. The first kappa shape index (κ1) is 16.5. The van der Waals surface area contributed by atoms with Gasteiger partial charge in [-0.25, -0.2) is 0 Å². The number of aliphatic imine (C=N–C) groups is 1. The summed E-state index contributed by atoms with van der Waals surface area (Å²) in [6.45, 7) is 0. The smallest absolute Gasteiger partial charge is 0.280 e. The van der Waals surface area contributed by atoms with Crippen LogP contribution in [0.2, 0.25) is 5.02 Å². The highest BCUT2D eigenvalue weighted by Crippen LogP contribution is 2.32. The van der Waals surface area contributed by atoms with Crippen LogP contribution in [0.4, 0.5) is 0 Å². The molecule has 0 fully saturated rings. The molecular weight excluding hydrogens is 336 g/mol. The average Bonchev–Trinajstić information content (AvgIpc) is 2.60. The zero-order valence-electron chi connectivity index (χ0n) is 13.0. The van der Waals surface area contributed by atoms with Gasteiger partial charge in [-0.3, -0.25) is 4.79 Å². The zero-order valence-corrected chi connectivity index (χ0v) is 13.8. The van der Waals surface area contributed by atoms with Crippen LogP contribution in [0, 0.1) is 11.3 Å². The fraction of sp³-hybridized carbons (Fsp3) is 0. The SMILES string of the molecule is N#Cc1cc(Cl)ccc1-c1cccc2ccc(C(=O)N=C(N)N)cc12. The van der Waals surface area contributed by atoms with Gasteiger partial charge in [-0.1, -0.05) is 41.9 Å². The Kier molecular flexibility index (Phi) is 4.38. The number of nitriles is 1. The highest BCUT2D eigenvalue weighted by molar-refractivity contribution is 6.30. The number of carbonyl (C=O) groups excluding carboxylic acids is 1. The lowest BCUT2D eigenvalue weighted by atomic mass is 9.94. The summed E-state index contributed by atoms with van der Waals surface area (Å²) in [5, 5.41) is 11.6. The number of rotatable bonds is 2. The molecule has 0 aliphatic heterocycles. The van der Waals surface area contributed by atoms with Crippen molar-refractivity contribution in [1.29, 1.82) is 5.26 Å². The van der Waals surface area contributed by atoms with E-state index in [1.165, 1.54) is 0 Å². The zero-order chi connectivity index (χ0) is 18.0. The Morgan fingerprint density at radius 2 is 1.84 bits per heavy atom. The molecule has 0 saturated carbocycles. The van der Waals surface area contributed by atoms with E-state index < -0.39 is 5.91 Å². The fourth-order valence-electron chi connectivity index (χ4n) is 2.67. The Hall–Kier alpha value is -3.36. The van der Waals surface area contributed by atoms with Crippen LogP contribution in [0.25, 0.3) is 21.9 Å². The first-order chi connectivity index (χ1) is 12.0. The topological polar surface area (TPSA) is 105 Å². The molecule has 3 aromatic carbocycles. The van der Waals surface area contributed by atoms with E-state index in [0.29, 0.717) is 16.1 Å². The lowest BCUT2D eigenvalue weighted by molar-refractivity contribution is 0.100. The van der Waals surface area contributed by atoms with Crippen molar-refractivity contribution >= 4 is 34.2 Å². The molecule has 1 amide bonds. The summed E-state index contributed by atoms with van der Waals surface area (Å²) in [5.41, 5.74) is 12.9. The molecule has 0 unspecified atom stereocenters. The van der Waals surface area contributed by atoms with E-state index in [9.17, 15) is 10.1 Å². The summed E-state index contributed by atoms with van der Waals surface area (Å²) in [6.07, 6.45) is 0. The Labute approximate surface area is 149 Å². The lowest BCUT2D eigenvalue weighted by Gasteiger charge is -2.10. The van der Waals surface area contributed by atoms with Crippen molar-refractivity contribution < 1.29 is 4.79 Å². The van der Waals surface area contributed by atoms with Crippen molar-refractivity contribution in [3.8, 4) is 17.2 Å². The van der Waals surface area contributed by atoms with Crippen molar-refractivity contribution in [2.75, 3.05) is 0 Å². The molecule has 4 N–H and O–H groups in total. The predicted molar refractivity (Wildman–Crippen MR) is 99.2 cm³/mol. The number of carbonyl (C=O) groups is 1. The maximum atomic E-state index is 12.1. The minimum Gasteiger partial charge on any atom is -0.370 e. The van der Waals surface area contributed by atoms with Gasteiger partial charge in [0.15, 0.2) is 5.96 Å². The summed E-state index contributed by atoms with van der Waals surface area (Å²) in [6, 6.07) is 18.2. The van der Waals surface area contributed by atoms with E-state index in [0.717, 1.165) is 21.9 Å². The Morgan fingerprint density at radius 1 is 1.04 bits per heavy atom. The van der Waals surface area contributed by atoms with E-state index >= 15 is 0 Å². The lowest BCUT2D eigenvalue weighted by Crippen LogP contribution is -2.24. The summed E-state index contributed by atoms with van der Waals surface area (Å²) in [4.78, 5) is 15.7. The third-order valence-electron chi connectivity index (χ3n) is 3.75. The normalized spacial score (nSPS) is 10.2. The van der Waals surface area contributed by atoms with Gasteiger partial charge in [0.2, 0.25) is 0 Å². The number of amides is 1. The van der Waals surface area contributed by atoms with Gasteiger partial charge in [0.05, 0.1) is 11.6 Å². The van der Waals surface area contributed by atoms with Gasteiger partial charge in [-0.15, -0.1) is 0 Å². The molecule has 0 spiro atoms. The van der Waals surface area contributed by atoms with Gasteiger partial charge in [-0.2, -0.15) is 10.3 Å². The minimum absolute atomic E-state index is 0.289. The number of hydrogen-bond acceptors (Lipinski definition) is 2. The molecule has 0 heterocycles. The Morgan fingerprint density at radius 3 is 2.56 bits per heavy atom. The second-order valence-electron chi connectivity index (χ2n) is 5.39. The number of guanidine groups is 1. The molecule has 0 atom stereocenters. The number of hydrogen-bond donors (Lipinski definition) is 2. The van der Waals surface area contributed by atoms with Crippen molar-refractivity contribution in [2.45, 2.75) is 0 Å². The van der Waals surface area contributed by atoms with Crippen LogP contribution in [0.15, 0.2) is 59.6 Å². The van der Waals surface area contributed by atoms with Crippen molar-refractivity contribution in [1.82, 2.24) is 0 Å². The van der Waals surface area contributed by atoms with Crippen LogP contribution in [0.1, 0.15) is 15.9 Å². The molecule has 0 aliphatic carbocycles. The highest BCUT2D eigenvalue weighted by Gasteiger charge is 2.12. The highest BCUT2D eigenvalue weighted by atomic mass is 35.5. The van der Waals surface area contributed by atoms with Crippen LogP contribution in [0.3, 0.4) is 0 Å². The average molecular weight is 349 g/mol. The second-order valence-corrected chi connectivity index (χ2v) is 5.82. The van der Waals surface area contributed by atoms with Crippen LogP contribution in [-0.4, -0.2) is 11.9 Å². The molecule has 0 aliphatic rings. The van der Waals surface area contributed by atoms with Gasteiger partial charge in [0.25, 0.3) is 5.91 Å². The van der Waals surface area contributed by atoms with E-state index in [4.69, 9.17) is 23.1 Å². The third-order valence-corrected chi connectivity index (χ3v) is 3.99. The Bertz CT molecular complexity index is 1060. The number of fused-ring (bicyclic) bond motifs is 1. The largest absolute Gasteiger partial charge is 0.370 e. The molecule has 0 radical (unpaired) electrons. The molecule has 122 valence electrons. The monoisotopic (exact) mass is 348 g/mol. The first-order valence-electron chi connectivity index (χ1n) is 7.36. The van der Waals surface area contributed by atoms with Crippen molar-refractivity contribution in [3.63, 3.8) is 0 Å². The summed E-state index contributed by atoms with van der Waals surface area (Å²) < 4.78 is 0. The molecule has 0 saturated heterocycles. The van der Waals surface area contributed by atoms with Crippen molar-refractivity contribution in [2.24, 2.45) is 16.5 Å². The minimum atomic E-state index is -0.520. The number of nitrogens with two attached hydrogens (primary N) is 2. The van der Waals surface area contributed by atoms with E-state index in [1.807, 2.05) is 24.3 Å². The van der Waals surface area contributed by atoms with Gasteiger partial charge in [-0.05, 0) is 40.6 Å². The van der Waals surface area contributed by atoms with Crippen molar-refractivity contribution in [3.05, 3.63) is 70.7 Å². The second kappa shape index (κ2) is 6.63. The van der Waals surface area contributed by atoms with E-state index in [1.54, 1.807) is 30.3 Å². The van der Waals surface area contributed by atoms with Gasteiger partial charge >= 0.3 is 0 Å². The van der Waals surface area contributed by atoms with Crippen LogP contribution in [0.5, 0.6) is 0 Å². The number of benzene rings is 3. The van der Waals surface area contributed by atoms with Gasteiger partial charge in [0, 0.05) is 16.1 Å². The molecule has 0 aromatic heterocycles. The van der Waals surface area contributed by atoms with Gasteiger partial charge in [0.1, 0.15) is 0 Å². The standard InChI is InChI=1S/C19H13ClN4O/c20-14-6-7-15(13(8-14)10-21)16-3-1-2-11-4-5-12(9-17(11)16)18(25)24-19(22)23/h1-9H,(H4,22,23,24,25). The van der Waals surface area contributed by atoms with Crippen LogP contribution < -0.4 is 11.5 Å². The van der Waals surface area contributed by atoms with E-state index in [2.05, 4.69) is 11.1 Å². The summed E-state index contributed by atoms with van der Waals surface area (Å²) in [5.74, 6) is -0.809. The predicted octanol–water partition coefficient (Wildman–Crippen LogP) is 3.45. The van der Waals surface area contributed by atoms with Crippen LogP contribution >= 0.6 is 11.6 Å². The molecule has 5 nitrogen and oxygen atoms in total. The molecular formula is C19H13ClN4O. The van der Waals surface area contributed by atoms with Gasteiger partial charge < -0.3 is 11.5 Å². The van der Waals surface area contributed by atoms with E-state index in [-0.39, 0.29) is 5.96 Å². The Balaban J connectivity index is 2.25. The quantitative estimate of drug-likeness (QED) is 0.546. The maximum absolute atomic E-state index is 12.1. The van der Waals surface area contributed by atoms with Crippen LogP contribution in [-0.2, 0) is 0 Å². The number of halogens is 1.